The van der Waals surface area contributed by atoms with E-state index in [2.05, 4.69) is 9.71 Å². The number of aryl methyl sites for hydroxylation is 1. The van der Waals surface area contributed by atoms with Crippen molar-refractivity contribution in [2.24, 2.45) is 5.92 Å². The number of likely N-dealkylation sites (tertiary alicyclic amines) is 1. The third-order valence-corrected chi connectivity index (χ3v) is 4.24. The van der Waals surface area contributed by atoms with E-state index in [0.717, 1.165) is 24.8 Å². The summed E-state index contributed by atoms with van der Waals surface area (Å²) in [6, 6.07) is 5.39. The van der Waals surface area contributed by atoms with Crippen molar-refractivity contribution in [2.75, 3.05) is 25.9 Å². The van der Waals surface area contributed by atoms with Gasteiger partial charge in [0.15, 0.2) is 0 Å². The van der Waals surface area contributed by atoms with Gasteiger partial charge in [0.1, 0.15) is 5.69 Å². The molecule has 116 valence electrons. The number of pyridine rings is 1. The van der Waals surface area contributed by atoms with Gasteiger partial charge >= 0.3 is 0 Å². The van der Waals surface area contributed by atoms with Crippen LogP contribution in [0.3, 0.4) is 0 Å². The number of amides is 1. The highest BCUT2D eigenvalue weighted by Gasteiger charge is 2.25. The first-order chi connectivity index (χ1) is 9.85. The van der Waals surface area contributed by atoms with Gasteiger partial charge in [0.25, 0.3) is 5.91 Å². The second kappa shape index (κ2) is 6.53. The van der Waals surface area contributed by atoms with Gasteiger partial charge in [0, 0.05) is 25.3 Å². The Morgan fingerprint density at radius 2 is 2.24 bits per heavy atom. The Balaban J connectivity index is 1.99. The summed E-state index contributed by atoms with van der Waals surface area (Å²) in [6.45, 7) is 3.50. The predicted molar refractivity (Wildman–Crippen MR) is 80.4 cm³/mol. The van der Waals surface area contributed by atoms with Crippen molar-refractivity contribution in [3.05, 3.63) is 29.6 Å². The van der Waals surface area contributed by atoms with Crippen LogP contribution in [-0.4, -0.2) is 50.1 Å². The third-order valence-electron chi connectivity index (χ3n) is 3.55. The van der Waals surface area contributed by atoms with E-state index in [-0.39, 0.29) is 11.8 Å². The summed E-state index contributed by atoms with van der Waals surface area (Å²) in [5.74, 6) is 0.0741. The first-order valence-electron chi connectivity index (χ1n) is 7.03. The van der Waals surface area contributed by atoms with Crippen LogP contribution >= 0.6 is 0 Å². The third kappa shape index (κ3) is 4.78. The molecule has 1 aliphatic heterocycles. The SMILES string of the molecule is Cc1cccc(C(=O)N2CCC[C@H](CNS(C)(=O)=O)C2)n1. The zero-order valence-corrected chi connectivity index (χ0v) is 13.2. The van der Waals surface area contributed by atoms with Gasteiger partial charge in [0.2, 0.25) is 10.0 Å². The van der Waals surface area contributed by atoms with Crippen molar-refractivity contribution in [2.45, 2.75) is 19.8 Å². The molecule has 0 saturated carbocycles. The summed E-state index contributed by atoms with van der Waals surface area (Å²) in [5.41, 5.74) is 1.26. The van der Waals surface area contributed by atoms with E-state index < -0.39 is 10.0 Å². The first kappa shape index (κ1) is 15.9. The zero-order chi connectivity index (χ0) is 15.5. The van der Waals surface area contributed by atoms with Crippen LogP contribution in [-0.2, 0) is 10.0 Å². The molecule has 1 aliphatic rings. The summed E-state index contributed by atoms with van der Waals surface area (Å²) in [4.78, 5) is 18.4. The lowest BCUT2D eigenvalue weighted by molar-refractivity contribution is 0.0670. The van der Waals surface area contributed by atoms with Crippen LogP contribution in [0.1, 0.15) is 29.0 Å². The number of hydrogen-bond donors (Lipinski definition) is 1. The predicted octanol–water partition coefficient (Wildman–Crippen LogP) is 0.791. The Kier molecular flexibility index (Phi) is 4.95. The van der Waals surface area contributed by atoms with Crippen molar-refractivity contribution < 1.29 is 13.2 Å². The molecule has 2 rings (SSSR count). The van der Waals surface area contributed by atoms with Crippen molar-refractivity contribution in [1.82, 2.24) is 14.6 Å². The van der Waals surface area contributed by atoms with E-state index >= 15 is 0 Å². The molecule has 1 atom stereocenters. The number of aromatic nitrogens is 1. The number of carbonyl (C=O) groups is 1. The fraction of sp³-hybridized carbons (Fsp3) is 0.571. The van der Waals surface area contributed by atoms with E-state index in [0.29, 0.717) is 25.3 Å². The maximum atomic E-state index is 12.4. The van der Waals surface area contributed by atoms with Crippen LogP contribution in [0.4, 0.5) is 0 Å². The highest BCUT2D eigenvalue weighted by atomic mass is 32.2. The Bertz CT molecular complexity index is 616. The topological polar surface area (TPSA) is 79.4 Å². The Morgan fingerprint density at radius 3 is 2.90 bits per heavy atom. The number of carbonyl (C=O) groups excluding carboxylic acids is 1. The monoisotopic (exact) mass is 311 g/mol. The molecule has 1 saturated heterocycles. The molecule has 0 radical (unpaired) electrons. The molecule has 1 aromatic rings. The average Bonchev–Trinajstić information content (AvgIpc) is 2.44. The van der Waals surface area contributed by atoms with Gasteiger partial charge < -0.3 is 4.90 Å². The zero-order valence-electron chi connectivity index (χ0n) is 12.4. The lowest BCUT2D eigenvalue weighted by atomic mass is 9.98. The highest BCUT2D eigenvalue weighted by molar-refractivity contribution is 7.88. The van der Waals surface area contributed by atoms with Crippen LogP contribution in [0.25, 0.3) is 0 Å². The first-order valence-corrected chi connectivity index (χ1v) is 8.92. The van der Waals surface area contributed by atoms with Gasteiger partial charge in [-0.05, 0) is 37.8 Å². The molecular formula is C14H21N3O3S. The van der Waals surface area contributed by atoms with E-state index in [4.69, 9.17) is 0 Å². The van der Waals surface area contributed by atoms with Crippen LogP contribution in [0.15, 0.2) is 18.2 Å². The summed E-state index contributed by atoms with van der Waals surface area (Å²) in [5, 5.41) is 0. The Hall–Kier alpha value is -1.47. The van der Waals surface area contributed by atoms with Crippen molar-refractivity contribution >= 4 is 15.9 Å². The molecule has 21 heavy (non-hydrogen) atoms. The maximum Gasteiger partial charge on any atom is 0.272 e. The fourth-order valence-electron chi connectivity index (χ4n) is 2.51. The Labute approximate surface area is 125 Å². The minimum atomic E-state index is -3.18. The maximum absolute atomic E-state index is 12.4. The minimum absolute atomic E-state index is 0.0808. The molecule has 0 unspecified atom stereocenters. The molecule has 7 heteroatoms. The average molecular weight is 311 g/mol. The summed E-state index contributed by atoms with van der Waals surface area (Å²) in [6.07, 6.45) is 2.95. The van der Waals surface area contributed by atoms with Gasteiger partial charge in [-0.3, -0.25) is 4.79 Å². The number of piperidine rings is 1. The second-order valence-corrected chi connectivity index (χ2v) is 7.38. The standard InChI is InChI=1S/C14H21N3O3S/c1-11-5-3-7-13(16-11)14(18)17-8-4-6-12(10-17)9-15-21(2,19)20/h3,5,7,12,15H,4,6,8-10H2,1-2H3/t12-/m1/s1. The van der Waals surface area contributed by atoms with Gasteiger partial charge in [-0.25, -0.2) is 18.1 Å². The molecule has 2 heterocycles. The number of hydrogen-bond acceptors (Lipinski definition) is 4. The molecule has 0 aliphatic carbocycles. The van der Waals surface area contributed by atoms with E-state index in [1.807, 2.05) is 19.1 Å². The van der Waals surface area contributed by atoms with Gasteiger partial charge in [-0.1, -0.05) is 6.07 Å². The molecular weight excluding hydrogens is 290 g/mol. The largest absolute Gasteiger partial charge is 0.337 e. The second-order valence-electron chi connectivity index (χ2n) is 5.54. The van der Waals surface area contributed by atoms with E-state index in [1.165, 1.54) is 0 Å². The number of nitrogens with zero attached hydrogens (tertiary/aromatic N) is 2. The fourth-order valence-corrected chi connectivity index (χ4v) is 3.05. The summed E-state index contributed by atoms with van der Waals surface area (Å²) < 4.78 is 24.8. The quantitative estimate of drug-likeness (QED) is 0.891. The lowest BCUT2D eigenvalue weighted by Crippen LogP contribution is -2.43. The smallest absolute Gasteiger partial charge is 0.272 e. The lowest BCUT2D eigenvalue weighted by Gasteiger charge is -2.32. The minimum Gasteiger partial charge on any atom is -0.337 e. The summed E-state index contributed by atoms with van der Waals surface area (Å²) >= 11 is 0. The number of rotatable bonds is 4. The summed E-state index contributed by atoms with van der Waals surface area (Å²) in [7, 11) is -3.18. The molecule has 6 nitrogen and oxygen atoms in total. The van der Waals surface area contributed by atoms with E-state index in [1.54, 1.807) is 11.0 Å². The molecule has 1 N–H and O–H groups in total. The highest BCUT2D eigenvalue weighted by Crippen LogP contribution is 2.18. The van der Waals surface area contributed by atoms with Crippen LogP contribution in [0.5, 0.6) is 0 Å². The van der Waals surface area contributed by atoms with Crippen LogP contribution in [0.2, 0.25) is 0 Å². The molecule has 0 bridgehead atoms. The molecule has 0 spiro atoms. The van der Waals surface area contributed by atoms with Gasteiger partial charge in [-0.2, -0.15) is 0 Å². The normalized spacial score (nSPS) is 19.5. The molecule has 0 aromatic carbocycles. The van der Waals surface area contributed by atoms with Gasteiger partial charge in [-0.15, -0.1) is 0 Å². The number of nitrogens with one attached hydrogen (secondary N) is 1. The Morgan fingerprint density at radius 1 is 1.48 bits per heavy atom. The van der Waals surface area contributed by atoms with Crippen molar-refractivity contribution in [3.63, 3.8) is 0 Å². The van der Waals surface area contributed by atoms with Crippen LogP contribution < -0.4 is 4.72 Å². The van der Waals surface area contributed by atoms with E-state index in [9.17, 15) is 13.2 Å². The molecule has 1 amide bonds. The molecule has 1 aromatic heterocycles. The van der Waals surface area contributed by atoms with Crippen LogP contribution in [0, 0.1) is 12.8 Å². The van der Waals surface area contributed by atoms with Crippen molar-refractivity contribution in [1.29, 1.82) is 0 Å². The van der Waals surface area contributed by atoms with Crippen molar-refractivity contribution in [3.8, 4) is 0 Å². The van der Waals surface area contributed by atoms with Gasteiger partial charge in [0.05, 0.1) is 6.26 Å². The molecule has 1 fully saturated rings. The number of sulfonamides is 1.